The number of thiazole rings is 1. The van der Waals surface area contributed by atoms with E-state index in [2.05, 4.69) is 25.0 Å². The molecule has 4 N–H and O–H groups in total. The van der Waals surface area contributed by atoms with Crippen LogP contribution < -0.4 is 11.1 Å². The molecule has 0 saturated carbocycles. The summed E-state index contributed by atoms with van der Waals surface area (Å²) >= 11 is 5.24. The Morgan fingerprint density at radius 2 is 2.26 bits per heavy atom. The van der Waals surface area contributed by atoms with Crippen LogP contribution in [0.2, 0.25) is 0 Å². The zero-order chi connectivity index (χ0) is 24.4. The third kappa shape index (κ3) is 4.62. The van der Waals surface area contributed by atoms with E-state index in [1.165, 1.54) is 47.1 Å². The average molecular weight is 542 g/mol. The Hall–Kier alpha value is -2.69. The minimum Gasteiger partial charge on any atom is -0.477 e. The van der Waals surface area contributed by atoms with Crippen LogP contribution in [0.15, 0.2) is 26.8 Å². The summed E-state index contributed by atoms with van der Waals surface area (Å²) in [5, 5.41) is 22.3. The van der Waals surface area contributed by atoms with Gasteiger partial charge >= 0.3 is 5.97 Å². The van der Waals surface area contributed by atoms with Gasteiger partial charge in [0.15, 0.2) is 10.8 Å². The number of carbonyl (C=O) groups excluding carboxylic acids is 2. The highest BCUT2D eigenvalue weighted by Crippen LogP contribution is 2.41. The van der Waals surface area contributed by atoms with Crippen molar-refractivity contribution >= 4 is 75.0 Å². The molecule has 2 aromatic heterocycles. The number of hydrogen-bond acceptors (Lipinski definition) is 13. The number of aromatic nitrogens is 3. The van der Waals surface area contributed by atoms with Crippen molar-refractivity contribution in [3.8, 4) is 0 Å². The molecule has 4 heterocycles. The van der Waals surface area contributed by atoms with E-state index in [1.807, 2.05) is 6.92 Å². The predicted molar refractivity (Wildman–Crippen MR) is 130 cm³/mol. The smallest absolute Gasteiger partial charge is 0.352 e. The predicted octanol–water partition coefficient (Wildman–Crippen LogP) is 1.02. The molecule has 0 aliphatic carbocycles. The van der Waals surface area contributed by atoms with Gasteiger partial charge in [0.2, 0.25) is 0 Å². The van der Waals surface area contributed by atoms with Gasteiger partial charge in [-0.05, 0) is 23.5 Å². The second kappa shape index (κ2) is 10.3. The van der Waals surface area contributed by atoms with Crippen LogP contribution in [0.25, 0.3) is 0 Å². The van der Waals surface area contributed by atoms with Crippen LogP contribution in [0.1, 0.15) is 17.5 Å². The first-order chi connectivity index (χ1) is 16.3. The Bertz CT molecular complexity index is 1190. The molecule has 2 atom stereocenters. The lowest BCUT2D eigenvalue weighted by molar-refractivity contribution is -0.150. The average Bonchev–Trinajstić information content (AvgIpc) is 3.46. The van der Waals surface area contributed by atoms with Crippen LogP contribution in [-0.2, 0) is 25.6 Å². The molecule has 12 nitrogen and oxygen atoms in total. The normalized spacial score (nSPS) is 20.1. The molecule has 2 amide bonds. The van der Waals surface area contributed by atoms with Crippen molar-refractivity contribution in [1.82, 2.24) is 24.8 Å². The number of carboxylic acids is 1. The molecular formula is C18H19N7O5S4. The molecule has 2 aliphatic heterocycles. The largest absolute Gasteiger partial charge is 0.477 e. The molecule has 2 aliphatic rings. The number of carboxylic acid groups (broad SMARTS) is 1. The lowest BCUT2D eigenvalue weighted by Crippen LogP contribution is -2.71. The minimum atomic E-state index is -1.19. The number of nitrogens with two attached hydrogens (primary N) is 1. The van der Waals surface area contributed by atoms with Crippen LogP contribution in [0.4, 0.5) is 5.13 Å². The molecule has 16 heteroatoms. The van der Waals surface area contributed by atoms with E-state index in [4.69, 9.17) is 10.6 Å². The molecule has 0 spiro atoms. The van der Waals surface area contributed by atoms with Crippen LogP contribution in [0, 0.1) is 0 Å². The van der Waals surface area contributed by atoms with Gasteiger partial charge in [0.05, 0.1) is 4.88 Å². The van der Waals surface area contributed by atoms with Gasteiger partial charge in [-0.25, -0.2) is 9.78 Å². The van der Waals surface area contributed by atoms with E-state index >= 15 is 0 Å². The summed E-state index contributed by atoms with van der Waals surface area (Å²) in [7, 11) is 1.28. The first-order valence-electron chi connectivity index (χ1n) is 9.83. The second-order valence-corrected chi connectivity index (χ2v) is 10.8. The highest BCUT2D eigenvalue weighted by molar-refractivity contribution is 8.01. The van der Waals surface area contributed by atoms with Crippen molar-refractivity contribution in [3.05, 3.63) is 27.2 Å². The molecule has 180 valence electrons. The van der Waals surface area contributed by atoms with Crippen molar-refractivity contribution in [1.29, 1.82) is 0 Å². The van der Waals surface area contributed by atoms with Crippen molar-refractivity contribution in [2.45, 2.75) is 29.8 Å². The van der Waals surface area contributed by atoms with E-state index in [0.717, 1.165) is 27.7 Å². The van der Waals surface area contributed by atoms with E-state index in [9.17, 15) is 19.5 Å². The number of nitrogen functional groups attached to an aromatic ring is 1. The lowest BCUT2D eigenvalue weighted by atomic mass is 10.0. The number of oxime groups is 1. The van der Waals surface area contributed by atoms with Crippen LogP contribution in [0.3, 0.4) is 0 Å². The number of thioether (sulfide) groups is 2. The van der Waals surface area contributed by atoms with E-state index in [-0.39, 0.29) is 22.2 Å². The molecular weight excluding hydrogens is 523 g/mol. The molecule has 34 heavy (non-hydrogen) atoms. The highest BCUT2D eigenvalue weighted by Gasteiger charge is 2.54. The van der Waals surface area contributed by atoms with Crippen molar-refractivity contribution in [2.24, 2.45) is 5.16 Å². The quantitative estimate of drug-likeness (QED) is 0.179. The lowest BCUT2D eigenvalue weighted by Gasteiger charge is -2.49. The van der Waals surface area contributed by atoms with Gasteiger partial charge in [-0.15, -0.1) is 28.2 Å². The van der Waals surface area contributed by atoms with Crippen molar-refractivity contribution in [3.63, 3.8) is 0 Å². The Balaban J connectivity index is 1.49. The number of nitrogens with zero attached hydrogens (tertiary/aromatic N) is 5. The van der Waals surface area contributed by atoms with E-state index in [0.29, 0.717) is 17.1 Å². The molecule has 1 unspecified atom stereocenters. The Labute approximate surface area is 210 Å². The first kappa shape index (κ1) is 24.4. The molecule has 0 aromatic carbocycles. The number of nitrogens with one attached hydrogen (secondary N) is 1. The number of amides is 2. The number of carbonyl (C=O) groups is 3. The topological polar surface area (TPSA) is 173 Å². The van der Waals surface area contributed by atoms with E-state index < -0.39 is 29.2 Å². The van der Waals surface area contributed by atoms with Crippen molar-refractivity contribution < 1.29 is 24.3 Å². The summed E-state index contributed by atoms with van der Waals surface area (Å²) in [6.07, 6.45) is 0.787. The van der Waals surface area contributed by atoms with Gasteiger partial charge < -0.3 is 21.0 Å². The number of fused-ring (bicyclic) bond motifs is 1. The number of aliphatic carboxylic acids is 1. The van der Waals surface area contributed by atoms with Gasteiger partial charge in [0.25, 0.3) is 11.8 Å². The number of rotatable bonds is 9. The zero-order valence-electron chi connectivity index (χ0n) is 17.9. The van der Waals surface area contributed by atoms with Crippen LogP contribution >= 0.6 is 46.4 Å². The van der Waals surface area contributed by atoms with Gasteiger partial charge in [-0.1, -0.05) is 28.3 Å². The van der Waals surface area contributed by atoms with Gasteiger partial charge in [0.1, 0.15) is 34.9 Å². The zero-order valence-corrected chi connectivity index (χ0v) is 21.1. The maximum atomic E-state index is 12.9. The molecule has 1 saturated heterocycles. The minimum absolute atomic E-state index is 0.0500. The number of aryl methyl sites for hydroxylation is 1. The maximum absolute atomic E-state index is 12.9. The third-order valence-electron chi connectivity index (χ3n) is 4.92. The summed E-state index contributed by atoms with van der Waals surface area (Å²) in [6, 6.07) is -0.909. The summed E-state index contributed by atoms with van der Waals surface area (Å²) < 4.78 is 3.95. The standard InChI is InChI=1S/C18H19N7O5S4/c1-3-9-14(22-24-34-9)31-4-7-5-32-16-11(15(27)25(16)12(7)17(28)29)21-13(26)10(23-30-2)8-6-33-18(19)20-8/h6,11,16H,3-5H2,1-2H3,(H2,19,20)(H,21,26)(H,28,29)/t11-,16?/m0/s1. The summed E-state index contributed by atoms with van der Waals surface area (Å²) in [5.74, 6) is -1.60. The Morgan fingerprint density at radius 3 is 2.91 bits per heavy atom. The molecule has 0 bridgehead atoms. The molecule has 0 radical (unpaired) electrons. The second-order valence-electron chi connectivity index (χ2n) is 6.96. The van der Waals surface area contributed by atoms with Gasteiger partial charge in [-0.3, -0.25) is 14.5 Å². The fourth-order valence-corrected chi connectivity index (χ4v) is 7.16. The van der Waals surface area contributed by atoms with Crippen molar-refractivity contribution in [2.75, 3.05) is 24.3 Å². The highest BCUT2D eigenvalue weighted by atomic mass is 32.2. The molecule has 4 rings (SSSR count). The molecule has 1 fully saturated rings. The van der Waals surface area contributed by atoms with Crippen LogP contribution in [-0.4, -0.2) is 78.1 Å². The Morgan fingerprint density at radius 1 is 1.47 bits per heavy atom. The monoisotopic (exact) mass is 541 g/mol. The summed E-state index contributed by atoms with van der Waals surface area (Å²) in [4.78, 5) is 48.8. The number of anilines is 1. The SMILES string of the molecule is CCc1snnc1SCC1=C(C(=O)O)N2C(=O)[C@H](NC(=O)C(=NOC)c3csc(N)n3)C2SC1. The van der Waals surface area contributed by atoms with Gasteiger partial charge in [0, 0.05) is 16.9 Å². The first-order valence-corrected chi connectivity index (χ1v) is 13.5. The van der Waals surface area contributed by atoms with E-state index in [1.54, 1.807) is 5.38 Å². The third-order valence-corrected chi connectivity index (χ3v) is 9.03. The molecule has 2 aromatic rings. The van der Waals surface area contributed by atoms with Crippen LogP contribution in [0.5, 0.6) is 0 Å². The summed E-state index contributed by atoms with van der Waals surface area (Å²) in [6.45, 7) is 2.00. The fraction of sp³-hybridized carbons (Fsp3) is 0.389. The fourth-order valence-electron chi connectivity index (χ4n) is 3.38. The Kier molecular flexibility index (Phi) is 7.39. The van der Waals surface area contributed by atoms with Gasteiger partial charge in [-0.2, -0.15) is 0 Å². The number of β-lactam (4-membered cyclic amide) rings is 1. The number of hydrogen-bond donors (Lipinski definition) is 3. The summed E-state index contributed by atoms with van der Waals surface area (Å²) in [5.41, 5.74) is 6.29. The maximum Gasteiger partial charge on any atom is 0.352 e.